The van der Waals surface area contributed by atoms with E-state index in [-0.39, 0.29) is 42.4 Å². The van der Waals surface area contributed by atoms with Crippen molar-refractivity contribution < 1.29 is 24.3 Å². The summed E-state index contributed by atoms with van der Waals surface area (Å²) < 4.78 is 1.70. The van der Waals surface area contributed by atoms with E-state index >= 15 is 0 Å². The highest BCUT2D eigenvalue weighted by atomic mass is 16.3. The molecule has 1 atom stereocenters. The zero-order valence-electron chi connectivity index (χ0n) is 24.2. The third-order valence-corrected chi connectivity index (χ3v) is 7.16. The van der Waals surface area contributed by atoms with Crippen LogP contribution in [0.4, 0.5) is 0 Å². The molecule has 1 aliphatic rings. The van der Waals surface area contributed by atoms with Gasteiger partial charge in [-0.3, -0.25) is 19.1 Å². The molecular weight excluding hydrogens is 529 g/mol. The average Bonchev–Trinajstić information content (AvgIpc) is 3.40. The molecule has 0 saturated carbocycles. The Hall–Kier alpha value is -3.88. The summed E-state index contributed by atoms with van der Waals surface area (Å²) in [7, 11) is 3.34. The van der Waals surface area contributed by atoms with Crippen LogP contribution >= 0.6 is 0 Å². The first-order chi connectivity index (χ1) is 19.5. The molecule has 2 aromatic heterocycles. The average molecular weight is 569 g/mol. The highest BCUT2D eigenvalue weighted by molar-refractivity contribution is 6.58. The van der Waals surface area contributed by atoms with Gasteiger partial charge in [0.25, 0.3) is 0 Å². The SMILES string of the molecule is BC(=O)CNC(=O)C1(NC(=O)[C@@H](NC(=O)CCCCCn2cc(-c3cnc(O)nc3)nn2)C(C)C)CCN(C)CC1. The summed E-state index contributed by atoms with van der Waals surface area (Å²) in [6, 6.07) is -1.10. The summed E-state index contributed by atoms with van der Waals surface area (Å²) in [6.07, 6.45) is 7.98. The number of carbonyl (C=O) groups excluding carboxylic acids is 4. The number of likely N-dealkylation sites (tertiary alicyclic amines) is 1. The molecule has 0 radical (unpaired) electrons. The Morgan fingerprint density at radius 1 is 1.10 bits per heavy atom. The summed E-state index contributed by atoms with van der Waals surface area (Å²) >= 11 is 0. The standard InChI is InChI=1S/C26H40BN9O5/c1-17(2)22(23(39)32-26(8-11-35(3)12-9-26)24(40)28-15-20(27)37)31-21(38)7-5-4-6-10-36-16-19(33-34-36)18-13-29-25(41)30-14-18/h13-14,16-17,22H,4-12,15,27H2,1-3H3,(H,28,40)(H,31,38)(H,32,39)(H,29,30,41)/t22-/m0/s1. The van der Waals surface area contributed by atoms with Gasteiger partial charge in [0.15, 0.2) is 7.85 Å². The lowest BCUT2D eigenvalue weighted by Gasteiger charge is -2.41. The van der Waals surface area contributed by atoms with Crippen molar-refractivity contribution in [3.05, 3.63) is 18.6 Å². The molecule has 222 valence electrons. The number of nitrogens with one attached hydrogen (secondary N) is 3. The maximum absolute atomic E-state index is 13.3. The molecule has 0 aliphatic carbocycles. The monoisotopic (exact) mass is 569 g/mol. The van der Waals surface area contributed by atoms with Crippen LogP contribution < -0.4 is 16.0 Å². The molecule has 41 heavy (non-hydrogen) atoms. The molecule has 3 heterocycles. The van der Waals surface area contributed by atoms with Gasteiger partial charge in [0.2, 0.25) is 17.7 Å². The van der Waals surface area contributed by atoms with Crippen LogP contribution in [-0.4, -0.2) is 104 Å². The number of aromatic nitrogens is 5. The second-order valence-electron chi connectivity index (χ2n) is 11.0. The van der Waals surface area contributed by atoms with Crippen molar-refractivity contribution in [1.82, 2.24) is 45.8 Å². The quantitative estimate of drug-likeness (QED) is 0.163. The smallest absolute Gasteiger partial charge is 0.313 e. The van der Waals surface area contributed by atoms with Crippen molar-refractivity contribution in [1.29, 1.82) is 0 Å². The topological polar surface area (TPSA) is 184 Å². The van der Waals surface area contributed by atoms with Gasteiger partial charge < -0.3 is 30.8 Å². The fraction of sp³-hybridized carbons (Fsp3) is 0.615. The molecule has 2 aromatic rings. The molecule has 3 amide bonds. The minimum Gasteiger partial charge on any atom is -0.479 e. The number of hydrogen-bond acceptors (Lipinski definition) is 10. The molecule has 3 rings (SSSR count). The molecule has 15 heteroatoms. The third-order valence-electron chi connectivity index (χ3n) is 7.16. The van der Waals surface area contributed by atoms with Gasteiger partial charge >= 0.3 is 6.01 Å². The normalized spacial score (nSPS) is 15.7. The van der Waals surface area contributed by atoms with Gasteiger partial charge in [-0.1, -0.05) is 25.5 Å². The summed E-state index contributed by atoms with van der Waals surface area (Å²) in [5.41, 5.74) is -0.0584. The molecule has 4 N–H and O–H groups in total. The van der Waals surface area contributed by atoms with E-state index < -0.39 is 17.5 Å². The number of carbonyl (C=O) groups is 4. The van der Waals surface area contributed by atoms with Gasteiger partial charge in [-0.2, -0.15) is 0 Å². The van der Waals surface area contributed by atoms with E-state index in [1.807, 2.05) is 20.9 Å². The van der Waals surface area contributed by atoms with Crippen molar-refractivity contribution >= 4 is 31.3 Å². The van der Waals surface area contributed by atoms with Gasteiger partial charge in [0, 0.05) is 44.0 Å². The van der Waals surface area contributed by atoms with E-state index in [0.717, 1.165) is 12.8 Å². The van der Waals surface area contributed by atoms with Crippen molar-refractivity contribution in [2.45, 2.75) is 70.5 Å². The summed E-state index contributed by atoms with van der Waals surface area (Å²) in [4.78, 5) is 60.1. The molecule has 14 nitrogen and oxygen atoms in total. The van der Waals surface area contributed by atoms with E-state index in [1.165, 1.54) is 20.2 Å². The molecule has 1 aliphatic heterocycles. The molecule has 1 saturated heterocycles. The molecule has 0 aromatic carbocycles. The van der Waals surface area contributed by atoms with Gasteiger partial charge in [0.05, 0.1) is 12.7 Å². The molecule has 0 spiro atoms. The number of aryl methyl sites for hydroxylation is 1. The number of hydrogen-bond donors (Lipinski definition) is 4. The van der Waals surface area contributed by atoms with E-state index in [9.17, 15) is 24.3 Å². The largest absolute Gasteiger partial charge is 0.479 e. The van der Waals surface area contributed by atoms with Crippen LogP contribution in [0.15, 0.2) is 18.6 Å². The van der Waals surface area contributed by atoms with Crippen molar-refractivity contribution in [2.75, 3.05) is 26.7 Å². The van der Waals surface area contributed by atoms with E-state index in [4.69, 9.17) is 0 Å². The highest BCUT2D eigenvalue weighted by Gasteiger charge is 2.43. The van der Waals surface area contributed by atoms with Crippen LogP contribution in [0, 0.1) is 5.92 Å². The molecule has 1 fully saturated rings. The maximum atomic E-state index is 13.3. The fourth-order valence-electron chi connectivity index (χ4n) is 4.61. The van der Waals surface area contributed by atoms with Crippen LogP contribution in [0.25, 0.3) is 11.3 Å². The van der Waals surface area contributed by atoms with Gasteiger partial charge in [0.1, 0.15) is 23.0 Å². The Labute approximate surface area is 240 Å². The molecule has 0 unspecified atom stereocenters. The predicted molar refractivity (Wildman–Crippen MR) is 152 cm³/mol. The predicted octanol–water partition coefficient (Wildman–Crippen LogP) is -1.00. The Kier molecular flexibility index (Phi) is 11.3. The first-order valence-electron chi connectivity index (χ1n) is 14.0. The zero-order valence-corrected chi connectivity index (χ0v) is 24.2. The first kappa shape index (κ1) is 31.6. The molecule has 0 bridgehead atoms. The second kappa shape index (κ2) is 14.7. The number of piperidine rings is 1. The van der Waals surface area contributed by atoms with Crippen LogP contribution in [0.2, 0.25) is 0 Å². The lowest BCUT2D eigenvalue weighted by atomic mass is 9.85. The summed E-state index contributed by atoms with van der Waals surface area (Å²) in [5.74, 6) is -1.20. The van der Waals surface area contributed by atoms with E-state index in [0.29, 0.717) is 50.2 Å². The Morgan fingerprint density at radius 3 is 2.41 bits per heavy atom. The number of amides is 3. The van der Waals surface area contributed by atoms with Gasteiger partial charge in [-0.05, 0) is 38.6 Å². The number of rotatable bonds is 14. The summed E-state index contributed by atoms with van der Waals surface area (Å²) in [5, 5.41) is 25.8. The van der Waals surface area contributed by atoms with Crippen molar-refractivity contribution in [3.63, 3.8) is 0 Å². The molecular formula is C26H40BN9O5. The lowest BCUT2D eigenvalue weighted by Crippen LogP contribution is -2.66. The Balaban J connectivity index is 1.47. The minimum absolute atomic E-state index is 0.0952. The van der Waals surface area contributed by atoms with Crippen molar-refractivity contribution in [3.8, 4) is 17.3 Å². The first-order valence-corrected chi connectivity index (χ1v) is 14.0. The highest BCUT2D eigenvalue weighted by Crippen LogP contribution is 2.23. The Bertz CT molecular complexity index is 1200. The van der Waals surface area contributed by atoms with Crippen LogP contribution in [-0.2, 0) is 25.7 Å². The number of unbranched alkanes of at least 4 members (excludes halogenated alkanes) is 2. The van der Waals surface area contributed by atoms with Crippen LogP contribution in [0.3, 0.4) is 0 Å². The van der Waals surface area contributed by atoms with Crippen LogP contribution in [0.1, 0.15) is 52.4 Å². The maximum Gasteiger partial charge on any atom is 0.313 e. The van der Waals surface area contributed by atoms with Crippen molar-refractivity contribution in [2.24, 2.45) is 5.92 Å². The lowest BCUT2D eigenvalue weighted by molar-refractivity contribution is -0.138. The summed E-state index contributed by atoms with van der Waals surface area (Å²) in [6.45, 7) is 5.45. The third kappa shape index (κ3) is 9.34. The van der Waals surface area contributed by atoms with Crippen LogP contribution in [0.5, 0.6) is 6.01 Å². The Morgan fingerprint density at radius 2 is 1.78 bits per heavy atom. The fourth-order valence-corrected chi connectivity index (χ4v) is 4.61. The van der Waals surface area contributed by atoms with E-state index in [1.54, 1.807) is 10.9 Å². The minimum atomic E-state index is -1.13. The van der Waals surface area contributed by atoms with Gasteiger partial charge in [-0.15, -0.1) is 5.10 Å². The zero-order chi connectivity index (χ0) is 30.0. The second-order valence-corrected chi connectivity index (χ2v) is 11.0. The number of aromatic hydroxyl groups is 1. The van der Waals surface area contributed by atoms with Gasteiger partial charge in [-0.25, -0.2) is 9.97 Å². The van der Waals surface area contributed by atoms with E-state index in [2.05, 4.69) is 41.1 Å². The number of nitrogens with zero attached hydrogens (tertiary/aromatic N) is 6.